The van der Waals surface area contributed by atoms with Gasteiger partial charge in [0.1, 0.15) is 12.2 Å². The Labute approximate surface area is 75.6 Å². The van der Waals surface area contributed by atoms with Crippen molar-refractivity contribution in [3.05, 3.63) is 0 Å². The zero-order valence-electron chi connectivity index (χ0n) is 6.18. The number of ether oxygens (including phenoxy) is 2. The summed E-state index contributed by atoms with van der Waals surface area (Å²) in [6.07, 6.45) is -0.395. The maximum Gasteiger partial charge on any atom is 0.303 e. The van der Waals surface area contributed by atoms with Crippen LogP contribution in [0.2, 0.25) is 0 Å². The second-order valence-corrected chi connectivity index (χ2v) is 2.39. The van der Waals surface area contributed by atoms with Crippen molar-refractivity contribution in [2.45, 2.75) is 13.0 Å². The predicted molar refractivity (Wildman–Crippen MR) is 42.9 cm³/mol. The maximum absolute atomic E-state index is 10.4. The van der Waals surface area contributed by atoms with E-state index in [4.69, 9.17) is 32.7 Å². The van der Waals surface area contributed by atoms with Gasteiger partial charge >= 0.3 is 5.97 Å². The molecule has 0 N–H and O–H groups in total. The summed E-state index contributed by atoms with van der Waals surface area (Å²) in [6, 6.07) is 0.0780. The van der Waals surface area contributed by atoms with Crippen LogP contribution in [0.4, 0.5) is 0 Å². The summed E-state index contributed by atoms with van der Waals surface area (Å²) in [7, 11) is 0. The number of carbonyl (C=O) groups excluding carboxylic acids is 1. The van der Waals surface area contributed by atoms with Gasteiger partial charge in [-0.1, -0.05) is 11.6 Å². The van der Waals surface area contributed by atoms with Gasteiger partial charge < -0.3 is 9.47 Å². The highest BCUT2D eigenvalue weighted by Gasteiger charge is 2.09. The third-order valence-corrected chi connectivity index (χ3v) is 1.38. The van der Waals surface area contributed by atoms with Crippen LogP contribution >= 0.6 is 23.2 Å². The molecule has 0 aromatic heterocycles. The number of halogens is 2. The van der Waals surface area contributed by atoms with E-state index in [1.807, 2.05) is 0 Å². The molecule has 1 atom stereocenters. The molecule has 5 heteroatoms. The first-order valence-corrected chi connectivity index (χ1v) is 4.14. The van der Waals surface area contributed by atoms with Crippen molar-refractivity contribution in [1.29, 1.82) is 0 Å². The van der Waals surface area contributed by atoms with Crippen LogP contribution in [0.3, 0.4) is 0 Å². The van der Waals surface area contributed by atoms with Gasteiger partial charge in [0.15, 0.2) is 0 Å². The Bertz CT molecular complexity index is 118. The molecule has 0 aliphatic rings. The van der Waals surface area contributed by atoms with Gasteiger partial charge in [-0.3, -0.25) is 4.79 Å². The van der Waals surface area contributed by atoms with Crippen molar-refractivity contribution in [1.82, 2.24) is 0 Å². The molecule has 66 valence electrons. The molecule has 0 bridgehead atoms. The van der Waals surface area contributed by atoms with E-state index in [0.29, 0.717) is 0 Å². The monoisotopic (exact) mass is 200 g/mol. The van der Waals surface area contributed by atoms with Crippen LogP contribution in [0.1, 0.15) is 6.92 Å². The number of esters is 1. The highest BCUT2D eigenvalue weighted by molar-refractivity contribution is 6.18. The molecule has 0 aliphatic heterocycles. The Morgan fingerprint density at radius 1 is 1.55 bits per heavy atom. The molecule has 0 saturated carbocycles. The lowest BCUT2D eigenvalue weighted by Crippen LogP contribution is -2.23. The van der Waals surface area contributed by atoms with E-state index < -0.39 is 6.10 Å². The molecule has 0 aromatic rings. The Morgan fingerprint density at radius 3 is 2.55 bits per heavy atom. The van der Waals surface area contributed by atoms with Gasteiger partial charge in [0, 0.05) is 6.92 Å². The number of hydrogen-bond donors (Lipinski definition) is 0. The molecular weight excluding hydrogens is 191 g/mol. The topological polar surface area (TPSA) is 35.5 Å². The molecule has 3 nitrogen and oxygen atoms in total. The summed E-state index contributed by atoms with van der Waals surface area (Å²) in [5.74, 6) is -0.148. The van der Waals surface area contributed by atoms with E-state index in [1.54, 1.807) is 0 Å². The standard InChI is InChI=1S/C6H10Cl2O3/c1-5(9)11-6(2-7)3-10-4-8/h6H,2-4H2,1H3. The Morgan fingerprint density at radius 2 is 2.18 bits per heavy atom. The van der Waals surface area contributed by atoms with Crippen molar-refractivity contribution >= 4 is 29.2 Å². The molecule has 0 aromatic carbocycles. The molecule has 0 amide bonds. The maximum atomic E-state index is 10.4. The van der Waals surface area contributed by atoms with Crippen LogP contribution in [0.15, 0.2) is 0 Å². The fraction of sp³-hybridized carbons (Fsp3) is 0.833. The molecule has 1 unspecified atom stereocenters. The zero-order chi connectivity index (χ0) is 8.69. The minimum Gasteiger partial charge on any atom is -0.459 e. The Balaban J connectivity index is 3.49. The summed E-state index contributed by atoms with van der Waals surface area (Å²) in [6.45, 7) is 1.56. The zero-order valence-corrected chi connectivity index (χ0v) is 7.69. The fourth-order valence-corrected chi connectivity index (χ4v) is 0.762. The van der Waals surface area contributed by atoms with Crippen molar-refractivity contribution in [2.24, 2.45) is 0 Å². The highest BCUT2D eigenvalue weighted by atomic mass is 35.5. The van der Waals surface area contributed by atoms with Crippen LogP contribution in [-0.2, 0) is 14.3 Å². The van der Waals surface area contributed by atoms with Gasteiger partial charge in [-0.05, 0) is 0 Å². The summed E-state index contributed by atoms with van der Waals surface area (Å²) in [5.41, 5.74) is 0. The van der Waals surface area contributed by atoms with Gasteiger partial charge in [-0.15, -0.1) is 11.6 Å². The first-order valence-electron chi connectivity index (χ1n) is 3.07. The van der Waals surface area contributed by atoms with Crippen LogP contribution in [0.25, 0.3) is 0 Å². The lowest BCUT2D eigenvalue weighted by atomic mass is 10.4. The van der Waals surface area contributed by atoms with E-state index in [2.05, 4.69) is 0 Å². The molecule has 0 saturated heterocycles. The minimum absolute atomic E-state index is 0.0780. The molecule has 0 aliphatic carbocycles. The Kier molecular flexibility index (Phi) is 6.71. The quantitative estimate of drug-likeness (QED) is 0.497. The molecule has 0 fully saturated rings. The van der Waals surface area contributed by atoms with Crippen LogP contribution in [-0.4, -0.2) is 30.6 Å². The van der Waals surface area contributed by atoms with E-state index in [1.165, 1.54) is 6.92 Å². The van der Waals surface area contributed by atoms with Crippen molar-refractivity contribution in [3.8, 4) is 0 Å². The van der Waals surface area contributed by atoms with Crippen molar-refractivity contribution < 1.29 is 14.3 Å². The second kappa shape index (κ2) is 6.70. The van der Waals surface area contributed by atoms with E-state index in [0.717, 1.165) is 0 Å². The number of hydrogen-bond acceptors (Lipinski definition) is 3. The predicted octanol–water partition coefficient (Wildman–Crippen LogP) is 1.37. The average Bonchev–Trinajstić information content (AvgIpc) is 1.97. The molecule has 0 radical (unpaired) electrons. The van der Waals surface area contributed by atoms with Crippen molar-refractivity contribution in [2.75, 3.05) is 18.6 Å². The number of rotatable bonds is 5. The smallest absolute Gasteiger partial charge is 0.303 e. The van der Waals surface area contributed by atoms with Crippen molar-refractivity contribution in [3.63, 3.8) is 0 Å². The normalized spacial score (nSPS) is 12.6. The average molecular weight is 201 g/mol. The second-order valence-electron chi connectivity index (χ2n) is 1.87. The van der Waals surface area contributed by atoms with E-state index in [9.17, 15) is 4.79 Å². The summed E-state index contributed by atoms with van der Waals surface area (Å²) >= 11 is 10.7. The van der Waals surface area contributed by atoms with Gasteiger partial charge in [0.2, 0.25) is 0 Å². The first kappa shape index (κ1) is 11.0. The lowest BCUT2D eigenvalue weighted by molar-refractivity contribution is -0.147. The van der Waals surface area contributed by atoms with Gasteiger partial charge in [0.25, 0.3) is 0 Å². The van der Waals surface area contributed by atoms with Crippen LogP contribution < -0.4 is 0 Å². The van der Waals surface area contributed by atoms with Gasteiger partial charge in [-0.25, -0.2) is 0 Å². The fourth-order valence-electron chi connectivity index (χ4n) is 0.521. The third-order valence-electron chi connectivity index (χ3n) is 0.886. The van der Waals surface area contributed by atoms with E-state index >= 15 is 0 Å². The van der Waals surface area contributed by atoms with Gasteiger partial charge in [-0.2, -0.15) is 0 Å². The molecule has 11 heavy (non-hydrogen) atoms. The van der Waals surface area contributed by atoms with Crippen LogP contribution in [0.5, 0.6) is 0 Å². The highest BCUT2D eigenvalue weighted by Crippen LogP contribution is 1.97. The molecule has 0 heterocycles. The largest absolute Gasteiger partial charge is 0.459 e. The summed E-state index contributed by atoms with van der Waals surface area (Å²) in [5, 5.41) is 0. The summed E-state index contributed by atoms with van der Waals surface area (Å²) < 4.78 is 9.54. The first-order chi connectivity index (χ1) is 5.20. The van der Waals surface area contributed by atoms with Gasteiger partial charge in [0.05, 0.1) is 12.5 Å². The molecular formula is C6H10Cl2O3. The minimum atomic E-state index is -0.395. The molecule has 0 rings (SSSR count). The SMILES string of the molecule is CC(=O)OC(CCl)COCCl. The lowest BCUT2D eigenvalue weighted by Gasteiger charge is -2.12. The van der Waals surface area contributed by atoms with Crippen LogP contribution in [0, 0.1) is 0 Å². The summed E-state index contributed by atoms with van der Waals surface area (Å²) in [4.78, 5) is 10.4. The molecule has 0 spiro atoms. The number of alkyl halides is 2. The number of carbonyl (C=O) groups is 1. The third kappa shape index (κ3) is 6.41. The Hall–Kier alpha value is 0.01000. The van der Waals surface area contributed by atoms with E-state index in [-0.39, 0.29) is 24.5 Å².